The van der Waals surface area contributed by atoms with Crippen LogP contribution in [0.15, 0.2) is 24.5 Å². The van der Waals surface area contributed by atoms with Gasteiger partial charge in [0.2, 0.25) is 0 Å². The lowest BCUT2D eigenvalue weighted by Crippen LogP contribution is -1.81. The molecule has 0 fully saturated rings. The summed E-state index contributed by atoms with van der Waals surface area (Å²) in [6.07, 6.45) is 3.72. The van der Waals surface area contributed by atoms with Crippen molar-refractivity contribution in [1.29, 1.82) is 0 Å². The van der Waals surface area contributed by atoms with Crippen LogP contribution in [0.25, 0.3) is 11.0 Å². The first-order valence-electron chi connectivity index (χ1n) is 3.39. The molecule has 0 atom stereocenters. The molecule has 2 aromatic heterocycles. The van der Waals surface area contributed by atoms with Crippen molar-refractivity contribution in [3.8, 4) is 0 Å². The Labute approximate surface area is 84.9 Å². The number of halogens is 2. The van der Waals surface area contributed by atoms with Crippen molar-refractivity contribution in [3.05, 3.63) is 30.1 Å². The Hall–Kier alpha value is -0.540. The molecule has 2 nitrogen and oxygen atoms in total. The molecule has 0 aromatic carbocycles. The maximum absolute atomic E-state index is 4.17. The molecule has 2 aromatic rings. The predicted molar refractivity (Wildman–Crippen MR) is 56.0 cm³/mol. The van der Waals surface area contributed by atoms with E-state index in [1.54, 1.807) is 0 Å². The summed E-state index contributed by atoms with van der Waals surface area (Å²) in [7, 11) is 0. The first-order valence-corrected chi connectivity index (χ1v) is 4.51. The molecule has 64 valence electrons. The van der Waals surface area contributed by atoms with E-state index in [1.165, 1.54) is 10.9 Å². The van der Waals surface area contributed by atoms with E-state index in [9.17, 15) is 0 Å². The van der Waals surface area contributed by atoms with Gasteiger partial charge in [0.05, 0.1) is 0 Å². The van der Waals surface area contributed by atoms with Gasteiger partial charge in [0.25, 0.3) is 0 Å². The van der Waals surface area contributed by atoms with E-state index >= 15 is 0 Å². The molecule has 2 rings (SSSR count). The highest BCUT2D eigenvalue weighted by molar-refractivity contribution is 9.08. The van der Waals surface area contributed by atoms with Gasteiger partial charge in [-0.3, -0.25) is 0 Å². The van der Waals surface area contributed by atoms with Gasteiger partial charge < -0.3 is 4.98 Å². The van der Waals surface area contributed by atoms with Crippen molar-refractivity contribution in [2.75, 3.05) is 0 Å². The molecule has 0 bridgehead atoms. The van der Waals surface area contributed by atoms with Crippen molar-refractivity contribution >= 4 is 39.4 Å². The zero-order chi connectivity index (χ0) is 7.68. The van der Waals surface area contributed by atoms with Crippen molar-refractivity contribution in [1.82, 2.24) is 9.97 Å². The van der Waals surface area contributed by atoms with E-state index in [1.807, 2.05) is 24.5 Å². The molecule has 1 N–H and O–H groups in total. The Morgan fingerprint density at radius 2 is 2.25 bits per heavy atom. The lowest BCUT2D eigenvalue weighted by atomic mass is 10.2. The maximum atomic E-state index is 4.17. The fourth-order valence-corrected chi connectivity index (χ4v) is 1.62. The third-order valence-electron chi connectivity index (χ3n) is 1.69. The number of rotatable bonds is 1. The maximum Gasteiger partial charge on any atom is 0.137 e. The summed E-state index contributed by atoms with van der Waals surface area (Å²) in [4.78, 5) is 7.24. The average Bonchev–Trinajstić information content (AvgIpc) is 2.50. The summed E-state index contributed by atoms with van der Waals surface area (Å²) < 4.78 is 0. The normalized spacial score (nSPS) is 9.75. The van der Waals surface area contributed by atoms with Gasteiger partial charge in [0.15, 0.2) is 0 Å². The van der Waals surface area contributed by atoms with Crippen LogP contribution in [0, 0.1) is 0 Å². The summed E-state index contributed by atoms with van der Waals surface area (Å²) >= 11 is 3.42. The highest BCUT2D eigenvalue weighted by atomic mass is 79.9. The number of H-pyrrole nitrogens is 1. The van der Waals surface area contributed by atoms with Gasteiger partial charge in [-0.1, -0.05) is 15.9 Å². The first-order chi connectivity index (χ1) is 5.42. The van der Waals surface area contributed by atoms with Gasteiger partial charge in [-0.05, 0) is 17.7 Å². The number of aromatic nitrogens is 2. The smallest absolute Gasteiger partial charge is 0.137 e. The van der Waals surface area contributed by atoms with E-state index in [2.05, 4.69) is 25.9 Å². The van der Waals surface area contributed by atoms with E-state index in [4.69, 9.17) is 0 Å². The molecule has 0 aliphatic heterocycles. The van der Waals surface area contributed by atoms with Gasteiger partial charge in [-0.25, -0.2) is 4.98 Å². The molecule has 0 radical (unpaired) electrons. The number of nitrogens with zero attached hydrogens (tertiary/aromatic N) is 1. The second-order valence-corrected chi connectivity index (χ2v) is 2.90. The number of pyridine rings is 1. The van der Waals surface area contributed by atoms with E-state index in [0.29, 0.717) is 0 Å². The lowest BCUT2D eigenvalue weighted by Gasteiger charge is -1.95. The standard InChI is InChI=1S/C8H7BrN2.ClH/c9-5-6-1-3-10-8-7(6)2-4-11-8;/h1-4H,5H2,(H,10,11);1H. The Morgan fingerprint density at radius 3 is 3.00 bits per heavy atom. The van der Waals surface area contributed by atoms with Gasteiger partial charge >= 0.3 is 0 Å². The summed E-state index contributed by atoms with van der Waals surface area (Å²) in [5.74, 6) is 0. The van der Waals surface area contributed by atoms with Gasteiger partial charge in [-0.2, -0.15) is 0 Å². The minimum Gasteiger partial charge on any atom is -0.346 e. The monoisotopic (exact) mass is 246 g/mol. The largest absolute Gasteiger partial charge is 0.346 e. The molecule has 0 unspecified atom stereocenters. The Balaban J connectivity index is 0.000000720. The van der Waals surface area contributed by atoms with Crippen LogP contribution in [0.1, 0.15) is 5.56 Å². The predicted octanol–water partition coefficient (Wildman–Crippen LogP) is 2.88. The number of hydrogen-bond acceptors (Lipinski definition) is 1. The Morgan fingerprint density at radius 1 is 1.42 bits per heavy atom. The minimum absolute atomic E-state index is 0. The zero-order valence-electron chi connectivity index (χ0n) is 6.25. The molecule has 4 heteroatoms. The molecule has 2 heterocycles. The average molecular weight is 248 g/mol. The van der Waals surface area contributed by atoms with Crippen LogP contribution in [-0.4, -0.2) is 9.97 Å². The van der Waals surface area contributed by atoms with E-state index in [-0.39, 0.29) is 12.4 Å². The van der Waals surface area contributed by atoms with Crippen LogP contribution in [0.2, 0.25) is 0 Å². The number of nitrogens with one attached hydrogen (secondary N) is 1. The topological polar surface area (TPSA) is 28.7 Å². The van der Waals surface area contributed by atoms with Gasteiger partial charge in [0.1, 0.15) is 5.65 Å². The minimum atomic E-state index is 0. The Bertz CT molecular complexity index is 372. The summed E-state index contributed by atoms with van der Waals surface area (Å²) in [5, 5.41) is 2.08. The number of alkyl halides is 1. The molecule has 12 heavy (non-hydrogen) atoms. The van der Waals surface area contributed by atoms with Crippen LogP contribution in [0.4, 0.5) is 0 Å². The molecule has 0 aliphatic rings. The highest BCUT2D eigenvalue weighted by Gasteiger charge is 1.99. The van der Waals surface area contributed by atoms with Crippen LogP contribution < -0.4 is 0 Å². The van der Waals surface area contributed by atoms with E-state index in [0.717, 1.165) is 11.0 Å². The van der Waals surface area contributed by atoms with Gasteiger partial charge in [-0.15, -0.1) is 12.4 Å². The third kappa shape index (κ3) is 1.47. The van der Waals surface area contributed by atoms with Crippen molar-refractivity contribution in [2.45, 2.75) is 5.33 Å². The first kappa shape index (κ1) is 9.55. The second-order valence-electron chi connectivity index (χ2n) is 2.34. The number of hydrogen-bond donors (Lipinski definition) is 1. The number of fused-ring (bicyclic) bond motifs is 1. The van der Waals surface area contributed by atoms with Crippen molar-refractivity contribution in [3.63, 3.8) is 0 Å². The van der Waals surface area contributed by atoms with Crippen LogP contribution in [0.5, 0.6) is 0 Å². The lowest BCUT2D eigenvalue weighted by molar-refractivity contribution is 1.30. The fraction of sp³-hybridized carbons (Fsp3) is 0.125. The van der Waals surface area contributed by atoms with Crippen LogP contribution in [-0.2, 0) is 5.33 Å². The van der Waals surface area contributed by atoms with Gasteiger partial charge in [0, 0.05) is 23.1 Å². The quantitative estimate of drug-likeness (QED) is 0.771. The molecule has 0 spiro atoms. The SMILES string of the molecule is BrCc1ccnc2[nH]ccc12.Cl. The van der Waals surface area contributed by atoms with E-state index < -0.39 is 0 Å². The molecule has 0 saturated carbocycles. The van der Waals surface area contributed by atoms with Crippen molar-refractivity contribution in [2.24, 2.45) is 0 Å². The summed E-state index contributed by atoms with van der Waals surface area (Å²) in [6, 6.07) is 4.06. The molecule has 0 saturated heterocycles. The fourth-order valence-electron chi connectivity index (χ4n) is 1.13. The molecule has 0 aliphatic carbocycles. The van der Waals surface area contributed by atoms with Crippen LogP contribution in [0.3, 0.4) is 0 Å². The molecule has 0 amide bonds. The van der Waals surface area contributed by atoms with Crippen molar-refractivity contribution < 1.29 is 0 Å². The summed E-state index contributed by atoms with van der Waals surface area (Å²) in [6.45, 7) is 0. The third-order valence-corrected chi connectivity index (χ3v) is 2.30. The molecular formula is C8H8BrClN2. The highest BCUT2D eigenvalue weighted by Crippen LogP contribution is 2.16. The Kier molecular flexibility index (Phi) is 3.12. The second kappa shape index (κ2) is 3.92. The zero-order valence-corrected chi connectivity index (χ0v) is 8.65. The summed E-state index contributed by atoms with van der Waals surface area (Å²) in [5.41, 5.74) is 2.23. The molecular weight excluding hydrogens is 239 g/mol. The van der Waals surface area contributed by atoms with Crippen LogP contribution >= 0.6 is 28.3 Å². The number of aromatic amines is 1.